The van der Waals surface area contributed by atoms with E-state index in [4.69, 9.17) is 0 Å². The van der Waals surface area contributed by atoms with Gasteiger partial charge in [0, 0.05) is 6.92 Å². The van der Waals surface area contributed by atoms with E-state index in [0.717, 1.165) is 0 Å². The molecule has 0 bridgehead atoms. The van der Waals surface area contributed by atoms with E-state index >= 15 is 0 Å². The summed E-state index contributed by atoms with van der Waals surface area (Å²) < 4.78 is 31.1. The first kappa shape index (κ1) is 21.3. The summed E-state index contributed by atoms with van der Waals surface area (Å²) in [5.74, 6) is 0. The molecule has 1 aromatic carbocycles. The number of hydrogen-bond acceptors (Lipinski definition) is 0. The number of alkyl halides is 3. The Labute approximate surface area is 122 Å². The average Bonchev–Trinajstić information content (AvgIpc) is 2.12. The summed E-state index contributed by atoms with van der Waals surface area (Å²) in [6.45, 7) is 15.6. The van der Waals surface area contributed by atoms with Crippen LogP contribution in [0.3, 0.4) is 0 Å². The maximum Gasteiger partial charge on any atom is 0.386 e. The number of rotatable bonds is 0. The smallest absolute Gasteiger partial charge is 0.172 e. The molecule has 0 heterocycles. The Morgan fingerprint density at radius 1 is 0.650 bits per heavy atom. The normalized spacial score (nSPS) is 11.8. The summed E-state index contributed by atoms with van der Waals surface area (Å²) in [4.78, 5) is 0. The van der Waals surface area contributed by atoms with Crippen molar-refractivity contribution in [3.63, 3.8) is 0 Å². The molecule has 0 N–H and O–H groups in total. The monoisotopic (exact) mass is 290 g/mol. The van der Waals surface area contributed by atoms with Crippen molar-refractivity contribution in [1.82, 2.24) is 0 Å². The lowest BCUT2D eigenvalue weighted by Gasteiger charge is -2.18. The molecule has 0 fully saturated rings. The van der Waals surface area contributed by atoms with Crippen LogP contribution in [0.4, 0.5) is 13.2 Å². The molecular formula is C17H29F3. The topological polar surface area (TPSA) is 0 Å². The van der Waals surface area contributed by atoms with Gasteiger partial charge in [0.2, 0.25) is 0 Å². The van der Waals surface area contributed by atoms with Crippen LogP contribution in [0.2, 0.25) is 0 Å². The first-order valence-corrected chi connectivity index (χ1v) is 6.73. The second-order valence-electron chi connectivity index (χ2n) is 7.40. The van der Waals surface area contributed by atoms with Gasteiger partial charge in [0.15, 0.2) is 0 Å². The van der Waals surface area contributed by atoms with Gasteiger partial charge in [-0.05, 0) is 16.4 Å². The Kier molecular flexibility index (Phi) is 8.88. The van der Waals surface area contributed by atoms with Crippen LogP contribution in [0.1, 0.15) is 61.0 Å². The van der Waals surface area contributed by atoms with E-state index in [9.17, 15) is 13.2 Å². The molecule has 0 aromatic heterocycles. The van der Waals surface area contributed by atoms with E-state index in [1.165, 1.54) is 5.56 Å². The van der Waals surface area contributed by atoms with Gasteiger partial charge >= 0.3 is 6.18 Å². The predicted octanol–water partition coefficient (Wildman–Crippen LogP) is 6.61. The lowest BCUT2D eigenvalue weighted by molar-refractivity contribution is -0.110. The third-order valence-corrected chi connectivity index (χ3v) is 1.64. The summed E-state index contributed by atoms with van der Waals surface area (Å²) >= 11 is 0. The quantitative estimate of drug-likeness (QED) is 0.504. The van der Waals surface area contributed by atoms with E-state index < -0.39 is 6.18 Å². The molecule has 0 unspecified atom stereocenters. The molecule has 1 aromatic rings. The van der Waals surface area contributed by atoms with Crippen LogP contribution >= 0.6 is 0 Å². The maximum absolute atomic E-state index is 10.4. The third-order valence-electron chi connectivity index (χ3n) is 1.64. The van der Waals surface area contributed by atoms with Gasteiger partial charge in [-0.15, -0.1) is 0 Å². The maximum atomic E-state index is 10.4. The van der Waals surface area contributed by atoms with Crippen LogP contribution in [-0.4, -0.2) is 6.18 Å². The summed E-state index contributed by atoms with van der Waals surface area (Å²) in [6.07, 6.45) is -4.00. The highest BCUT2D eigenvalue weighted by Crippen LogP contribution is 2.20. The molecule has 118 valence electrons. The van der Waals surface area contributed by atoms with E-state index in [1.54, 1.807) is 0 Å². The van der Waals surface area contributed by atoms with Gasteiger partial charge in [-0.1, -0.05) is 78.8 Å². The summed E-state index contributed by atoms with van der Waals surface area (Å²) in [6, 6.07) is 10.6. The fourth-order valence-corrected chi connectivity index (χ4v) is 0.938. The molecule has 0 saturated heterocycles. The van der Waals surface area contributed by atoms with Crippen LogP contribution in [-0.2, 0) is 5.41 Å². The molecule has 0 atom stereocenters. The molecule has 0 radical (unpaired) electrons. The second-order valence-corrected chi connectivity index (χ2v) is 7.40. The number of halogens is 3. The molecule has 0 amide bonds. The van der Waals surface area contributed by atoms with Gasteiger partial charge in [-0.2, -0.15) is 13.2 Å². The minimum atomic E-state index is -4.00. The largest absolute Gasteiger partial charge is 0.386 e. The van der Waals surface area contributed by atoms with Crippen molar-refractivity contribution < 1.29 is 13.2 Å². The Balaban J connectivity index is 0. The van der Waals surface area contributed by atoms with Crippen LogP contribution in [0, 0.1) is 5.41 Å². The molecule has 0 nitrogen and oxygen atoms in total. The van der Waals surface area contributed by atoms with Crippen molar-refractivity contribution in [3.8, 4) is 0 Å². The highest BCUT2D eigenvalue weighted by molar-refractivity contribution is 5.21. The van der Waals surface area contributed by atoms with Gasteiger partial charge < -0.3 is 0 Å². The van der Waals surface area contributed by atoms with Crippen molar-refractivity contribution >= 4 is 0 Å². The van der Waals surface area contributed by atoms with Gasteiger partial charge in [0.25, 0.3) is 0 Å². The fourth-order valence-electron chi connectivity index (χ4n) is 0.938. The van der Waals surface area contributed by atoms with E-state index in [0.29, 0.717) is 10.8 Å². The van der Waals surface area contributed by atoms with Crippen molar-refractivity contribution in [1.29, 1.82) is 0 Å². The third kappa shape index (κ3) is 25.8. The van der Waals surface area contributed by atoms with Crippen molar-refractivity contribution in [2.75, 3.05) is 0 Å². The molecule has 0 aliphatic carbocycles. The average molecular weight is 290 g/mol. The molecule has 1 rings (SSSR count). The highest BCUT2D eigenvalue weighted by atomic mass is 19.4. The minimum absolute atomic E-state index is 0.188. The molecular weight excluding hydrogens is 261 g/mol. The van der Waals surface area contributed by atoms with Crippen LogP contribution < -0.4 is 0 Å². The van der Waals surface area contributed by atoms with E-state index in [1.807, 2.05) is 0 Å². The highest BCUT2D eigenvalue weighted by Gasteiger charge is 2.15. The molecule has 0 spiro atoms. The zero-order valence-electron chi connectivity index (χ0n) is 14.0. The van der Waals surface area contributed by atoms with E-state index in [2.05, 4.69) is 78.8 Å². The zero-order chi connectivity index (χ0) is 16.6. The standard InChI is InChI=1S/C10H14.C5H12.C2H3F3/c1-10(2,3)9-7-5-4-6-8-9;1-5(2,3)4;1-2(3,4)5/h4-8H,1-3H3;1-4H3;1H3. The lowest BCUT2D eigenvalue weighted by Crippen LogP contribution is -2.10. The Hall–Kier alpha value is -0.990. The Morgan fingerprint density at radius 2 is 0.900 bits per heavy atom. The SMILES string of the molecule is CC(C)(C)C.CC(C)(C)c1ccccc1.CC(F)(F)F. The van der Waals surface area contributed by atoms with Gasteiger partial charge in [-0.25, -0.2) is 0 Å². The molecule has 0 aliphatic rings. The Morgan fingerprint density at radius 3 is 1.05 bits per heavy atom. The van der Waals surface area contributed by atoms with Crippen LogP contribution in [0.25, 0.3) is 0 Å². The second kappa shape index (κ2) is 8.33. The fraction of sp³-hybridized carbons (Fsp3) is 0.647. The van der Waals surface area contributed by atoms with Crippen molar-refractivity contribution in [2.24, 2.45) is 5.41 Å². The molecule has 3 heteroatoms. The summed E-state index contributed by atoms with van der Waals surface area (Å²) in [5.41, 5.74) is 2.19. The van der Waals surface area contributed by atoms with Crippen LogP contribution in [0.15, 0.2) is 30.3 Å². The molecule has 20 heavy (non-hydrogen) atoms. The first-order valence-electron chi connectivity index (χ1n) is 6.73. The number of benzene rings is 1. The van der Waals surface area contributed by atoms with Gasteiger partial charge in [0.05, 0.1) is 0 Å². The molecule has 0 saturated carbocycles. The summed E-state index contributed by atoms with van der Waals surface area (Å²) in [5, 5.41) is 0. The molecule has 0 aliphatic heterocycles. The zero-order valence-corrected chi connectivity index (χ0v) is 14.0. The van der Waals surface area contributed by atoms with E-state index in [-0.39, 0.29) is 6.92 Å². The van der Waals surface area contributed by atoms with Gasteiger partial charge in [-0.3, -0.25) is 0 Å². The summed E-state index contributed by atoms with van der Waals surface area (Å²) in [7, 11) is 0. The number of hydrogen-bond donors (Lipinski definition) is 0. The van der Waals surface area contributed by atoms with Crippen LogP contribution in [0.5, 0.6) is 0 Å². The van der Waals surface area contributed by atoms with Crippen molar-refractivity contribution in [2.45, 2.75) is 67.0 Å². The Bertz CT molecular complexity index is 313. The minimum Gasteiger partial charge on any atom is -0.172 e. The predicted molar refractivity (Wildman–Crippen MR) is 82.0 cm³/mol. The lowest BCUT2D eigenvalue weighted by atomic mass is 9.87. The van der Waals surface area contributed by atoms with Gasteiger partial charge in [0.1, 0.15) is 0 Å². The van der Waals surface area contributed by atoms with Crippen molar-refractivity contribution in [3.05, 3.63) is 35.9 Å². The first-order chi connectivity index (χ1) is 8.61.